The third-order valence-electron chi connectivity index (χ3n) is 5.07. The average molecular weight is 397 g/mol. The van der Waals surface area contributed by atoms with Gasteiger partial charge in [0, 0.05) is 12.0 Å². The summed E-state index contributed by atoms with van der Waals surface area (Å²) in [7, 11) is 0. The van der Waals surface area contributed by atoms with Crippen LogP contribution in [0.4, 0.5) is 0 Å². The number of hydrogen-bond acceptors (Lipinski definition) is 5. The van der Waals surface area contributed by atoms with Gasteiger partial charge in [0.2, 0.25) is 0 Å². The van der Waals surface area contributed by atoms with Gasteiger partial charge in [0.25, 0.3) is 5.91 Å². The molecule has 2 aromatic heterocycles. The van der Waals surface area contributed by atoms with Crippen LogP contribution in [0.25, 0.3) is 21.8 Å². The molecule has 3 N–H and O–H groups in total. The number of carbonyl (C=O) groups is 1. The summed E-state index contributed by atoms with van der Waals surface area (Å²) in [6.07, 6.45) is 0.409. The Bertz CT molecular complexity index is 1340. The molecule has 0 saturated carbocycles. The van der Waals surface area contributed by atoms with E-state index in [0.29, 0.717) is 17.8 Å². The van der Waals surface area contributed by atoms with Crippen molar-refractivity contribution in [3.8, 4) is 0 Å². The largest absolute Gasteiger partial charge is 0.342 e. The number of nitrogens with one attached hydrogen (secondary N) is 3. The Labute approximate surface area is 171 Å². The number of benzene rings is 3. The van der Waals surface area contributed by atoms with Crippen LogP contribution in [0.2, 0.25) is 0 Å². The van der Waals surface area contributed by atoms with Crippen molar-refractivity contribution < 1.29 is 4.79 Å². The van der Waals surface area contributed by atoms with Gasteiger partial charge in [-0.05, 0) is 47.5 Å². The molecule has 1 atom stereocenters. The SMILES string of the molecule is Cc1ccc2nc(C[C@@H](NC(=O)c3ccc4ccccc4c3)c3nn[nH]n3)[nH]c2c1. The fourth-order valence-corrected chi connectivity index (χ4v) is 3.56. The minimum absolute atomic E-state index is 0.206. The Morgan fingerprint density at radius 3 is 2.77 bits per heavy atom. The number of aromatic amines is 2. The maximum atomic E-state index is 13.0. The molecule has 0 radical (unpaired) electrons. The Balaban J connectivity index is 1.42. The maximum Gasteiger partial charge on any atom is 0.251 e. The van der Waals surface area contributed by atoms with Crippen LogP contribution in [0.1, 0.15) is 33.6 Å². The van der Waals surface area contributed by atoms with Crippen molar-refractivity contribution in [2.45, 2.75) is 19.4 Å². The predicted molar refractivity (Wildman–Crippen MR) is 113 cm³/mol. The van der Waals surface area contributed by atoms with Gasteiger partial charge in [-0.25, -0.2) is 4.98 Å². The van der Waals surface area contributed by atoms with E-state index in [2.05, 4.69) is 35.9 Å². The van der Waals surface area contributed by atoms with Crippen molar-refractivity contribution in [1.82, 2.24) is 35.9 Å². The predicted octanol–water partition coefficient (Wildman–Crippen LogP) is 3.25. The van der Waals surface area contributed by atoms with E-state index < -0.39 is 6.04 Å². The molecule has 3 aromatic carbocycles. The molecule has 8 heteroatoms. The molecule has 0 spiro atoms. The highest BCUT2D eigenvalue weighted by molar-refractivity contribution is 5.98. The third kappa shape index (κ3) is 3.50. The molecule has 30 heavy (non-hydrogen) atoms. The first-order valence-corrected chi connectivity index (χ1v) is 9.64. The Kier molecular flexibility index (Phi) is 4.44. The number of fused-ring (bicyclic) bond motifs is 2. The van der Waals surface area contributed by atoms with Crippen LogP contribution < -0.4 is 5.32 Å². The van der Waals surface area contributed by atoms with E-state index in [1.165, 1.54) is 0 Å². The lowest BCUT2D eigenvalue weighted by Gasteiger charge is -2.14. The zero-order valence-electron chi connectivity index (χ0n) is 16.3. The van der Waals surface area contributed by atoms with Crippen molar-refractivity contribution in [1.29, 1.82) is 0 Å². The van der Waals surface area contributed by atoms with Gasteiger partial charge in [0.15, 0.2) is 5.82 Å². The number of aromatic nitrogens is 6. The van der Waals surface area contributed by atoms with Gasteiger partial charge in [-0.1, -0.05) is 41.6 Å². The smallest absolute Gasteiger partial charge is 0.251 e. The second-order valence-corrected chi connectivity index (χ2v) is 7.27. The summed E-state index contributed by atoms with van der Waals surface area (Å²) in [4.78, 5) is 20.9. The first-order chi connectivity index (χ1) is 14.7. The lowest BCUT2D eigenvalue weighted by atomic mass is 10.1. The Hall–Kier alpha value is -4.07. The molecule has 0 fully saturated rings. The van der Waals surface area contributed by atoms with Crippen LogP contribution in [0.3, 0.4) is 0 Å². The quantitative estimate of drug-likeness (QED) is 0.421. The van der Waals surface area contributed by atoms with E-state index in [1.54, 1.807) is 0 Å². The molecule has 5 aromatic rings. The second-order valence-electron chi connectivity index (χ2n) is 7.27. The number of imidazole rings is 1. The third-order valence-corrected chi connectivity index (χ3v) is 5.07. The van der Waals surface area contributed by atoms with Gasteiger partial charge >= 0.3 is 0 Å². The van der Waals surface area contributed by atoms with E-state index in [1.807, 2.05) is 67.6 Å². The molecule has 5 rings (SSSR count). The van der Waals surface area contributed by atoms with Crippen molar-refractivity contribution in [2.24, 2.45) is 0 Å². The van der Waals surface area contributed by atoms with Crippen molar-refractivity contribution in [3.05, 3.63) is 83.4 Å². The number of tetrazole rings is 1. The van der Waals surface area contributed by atoms with Gasteiger partial charge in [0.05, 0.1) is 11.0 Å². The van der Waals surface area contributed by atoms with Crippen molar-refractivity contribution in [2.75, 3.05) is 0 Å². The highest BCUT2D eigenvalue weighted by atomic mass is 16.1. The van der Waals surface area contributed by atoms with E-state index >= 15 is 0 Å². The Morgan fingerprint density at radius 1 is 1.07 bits per heavy atom. The molecule has 0 aliphatic rings. The van der Waals surface area contributed by atoms with Crippen LogP contribution >= 0.6 is 0 Å². The zero-order chi connectivity index (χ0) is 20.5. The molecular weight excluding hydrogens is 378 g/mol. The first kappa shape index (κ1) is 18.0. The number of carbonyl (C=O) groups excluding carboxylic acids is 1. The van der Waals surface area contributed by atoms with Crippen LogP contribution in [0, 0.1) is 6.92 Å². The fourth-order valence-electron chi connectivity index (χ4n) is 3.56. The number of nitrogens with zero attached hydrogens (tertiary/aromatic N) is 4. The van der Waals surface area contributed by atoms with Gasteiger partial charge < -0.3 is 10.3 Å². The van der Waals surface area contributed by atoms with Gasteiger partial charge in [-0.3, -0.25) is 4.79 Å². The molecule has 1 amide bonds. The average Bonchev–Trinajstić information content (AvgIpc) is 3.42. The molecular formula is C22H19N7O. The topological polar surface area (TPSA) is 112 Å². The zero-order valence-corrected chi connectivity index (χ0v) is 16.3. The van der Waals surface area contributed by atoms with Crippen LogP contribution in [-0.2, 0) is 6.42 Å². The Morgan fingerprint density at radius 2 is 1.93 bits per heavy atom. The summed E-state index contributed by atoms with van der Waals surface area (Å²) in [5, 5.41) is 19.4. The summed E-state index contributed by atoms with van der Waals surface area (Å²) in [6.45, 7) is 2.03. The molecule has 0 unspecified atom stereocenters. The highest BCUT2D eigenvalue weighted by Gasteiger charge is 2.22. The minimum Gasteiger partial charge on any atom is -0.342 e. The molecule has 8 nitrogen and oxygen atoms in total. The second kappa shape index (κ2) is 7.40. The maximum absolute atomic E-state index is 13.0. The molecule has 0 aliphatic heterocycles. The number of hydrogen-bond donors (Lipinski definition) is 3. The first-order valence-electron chi connectivity index (χ1n) is 9.64. The number of aryl methyl sites for hydroxylation is 1. The summed E-state index contributed by atoms with van der Waals surface area (Å²) in [5.41, 5.74) is 3.56. The number of H-pyrrole nitrogens is 2. The summed E-state index contributed by atoms with van der Waals surface area (Å²) in [5.74, 6) is 0.937. The number of rotatable bonds is 5. The van der Waals surface area contributed by atoms with E-state index in [9.17, 15) is 4.79 Å². The van der Waals surface area contributed by atoms with Gasteiger partial charge in [-0.15, -0.1) is 10.2 Å². The van der Waals surface area contributed by atoms with Gasteiger partial charge in [0.1, 0.15) is 11.9 Å². The minimum atomic E-state index is -0.482. The van der Waals surface area contributed by atoms with E-state index in [4.69, 9.17) is 0 Å². The fraction of sp³-hybridized carbons (Fsp3) is 0.136. The lowest BCUT2D eigenvalue weighted by molar-refractivity contribution is 0.0934. The molecule has 0 aliphatic carbocycles. The van der Waals surface area contributed by atoms with Crippen LogP contribution in [-0.4, -0.2) is 36.5 Å². The lowest BCUT2D eigenvalue weighted by Crippen LogP contribution is -2.31. The van der Waals surface area contributed by atoms with E-state index in [-0.39, 0.29) is 5.91 Å². The summed E-state index contributed by atoms with van der Waals surface area (Å²) < 4.78 is 0. The number of amides is 1. The summed E-state index contributed by atoms with van der Waals surface area (Å²) in [6, 6.07) is 19.1. The molecule has 2 heterocycles. The van der Waals surface area contributed by atoms with Crippen LogP contribution in [0.5, 0.6) is 0 Å². The standard InChI is InChI=1S/C22H19N7O/c1-13-6-9-17-18(10-13)24-20(23-17)12-19(21-26-28-29-27-21)25-22(30)16-8-7-14-4-2-3-5-15(14)11-16/h2-11,19H,12H2,1H3,(H,23,24)(H,25,30)(H,26,27,28,29)/t19-/m1/s1. The molecule has 148 valence electrons. The van der Waals surface area contributed by atoms with Gasteiger partial charge in [-0.2, -0.15) is 5.21 Å². The highest BCUT2D eigenvalue weighted by Crippen LogP contribution is 2.20. The molecule has 0 bridgehead atoms. The summed E-state index contributed by atoms with van der Waals surface area (Å²) >= 11 is 0. The van der Waals surface area contributed by atoms with Crippen LogP contribution in [0.15, 0.2) is 60.7 Å². The molecule has 0 saturated heterocycles. The normalized spacial score (nSPS) is 12.3. The monoisotopic (exact) mass is 397 g/mol. The van der Waals surface area contributed by atoms with Crippen molar-refractivity contribution in [3.63, 3.8) is 0 Å². The van der Waals surface area contributed by atoms with Crippen molar-refractivity contribution >= 4 is 27.7 Å². The van der Waals surface area contributed by atoms with E-state index in [0.717, 1.165) is 33.2 Å².